The third-order valence-electron chi connectivity index (χ3n) is 5.50. The van der Waals surface area contributed by atoms with Crippen LogP contribution in [0.25, 0.3) is 10.8 Å². The lowest BCUT2D eigenvalue weighted by Crippen LogP contribution is -2.37. The molecule has 2 aliphatic rings. The maximum Gasteiger partial charge on any atom is 0.267 e. The smallest absolute Gasteiger partial charge is 0.267 e. The fourth-order valence-corrected chi connectivity index (χ4v) is 4.51. The van der Waals surface area contributed by atoms with Crippen LogP contribution in [0.3, 0.4) is 0 Å². The number of carbonyl (C=O) groups is 1. The minimum absolute atomic E-state index is 0.156. The van der Waals surface area contributed by atoms with E-state index in [4.69, 9.17) is 4.52 Å². The summed E-state index contributed by atoms with van der Waals surface area (Å²) in [7, 11) is 0. The molecule has 6 heteroatoms. The molecule has 26 heavy (non-hydrogen) atoms. The molecule has 132 valence electrons. The number of nitrogens with zero attached hydrogens (tertiary/aromatic N) is 3. The van der Waals surface area contributed by atoms with Crippen molar-refractivity contribution in [2.75, 3.05) is 13.1 Å². The SMILES string of the molecule is O=C(N1CC[C@@H](c2noc(-c3cccs3)n2)C1)C1(c2ccccc2)CC1. The van der Waals surface area contributed by atoms with Crippen LogP contribution in [0.5, 0.6) is 0 Å². The zero-order valence-corrected chi connectivity index (χ0v) is 15.1. The van der Waals surface area contributed by atoms with Crippen molar-refractivity contribution in [2.24, 2.45) is 0 Å². The standard InChI is InChI=1S/C20H19N3O2S/c24-19(20(9-10-20)15-5-2-1-3-6-15)23-11-8-14(13-23)17-21-18(25-22-17)16-7-4-12-26-16/h1-7,12,14H,8-11,13H2/t14-/m1/s1. The highest BCUT2D eigenvalue weighted by molar-refractivity contribution is 7.13. The number of rotatable bonds is 4. The maximum absolute atomic E-state index is 13.2. The van der Waals surface area contributed by atoms with Crippen LogP contribution in [0.1, 0.15) is 36.6 Å². The number of benzene rings is 1. The predicted octanol–water partition coefficient (Wildman–Crippen LogP) is 3.85. The van der Waals surface area contributed by atoms with Crippen LogP contribution in [-0.4, -0.2) is 34.0 Å². The summed E-state index contributed by atoms with van der Waals surface area (Å²) in [5.41, 5.74) is 0.850. The highest BCUT2D eigenvalue weighted by Gasteiger charge is 2.53. The maximum atomic E-state index is 13.2. The second-order valence-corrected chi connectivity index (χ2v) is 8.07. The summed E-state index contributed by atoms with van der Waals surface area (Å²) in [5.74, 6) is 1.70. The Kier molecular flexibility index (Phi) is 3.67. The van der Waals surface area contributed by atoms with Crippen molar-refractivity contribution >= 4 is 17.2 Å². The molecule has 0 radical (unpaired) electrons. The van der Waals surface area contributed by atoms with Crippen LogP contribution in [-0.2, 0) is 10.2 Å². The van der Waals surface area contributed by atoms with E-state index in [1.165, 1.54) is 0 Å². The van der Waals surface area contributed by atoms with Gasteiger partial charge in [-0.3, -0.25) is 4.79 Å². The van der Waals surface area contributed by atoms with Gasteiger partial charge in [-0.05, 0) is 36.3 Å². The Balaban J connectivity index is 1.31. The number of hydrogen-bond donors (Lipinski definition) is 0. The number of amides is 1. The summed E-state index contributed by atoms with van der Waals surface area (Å²) in [6, 6.07) is 14.1. The zero-order valence-electron chi connectivity index (χ0n) is 14.3. The third kappa shape index (κ3) is 2.56. The summed E-state index contributed by atoms with van der Waals surface area (Å²) in [4.78, 5) is 20.7. The first-order valence-electron chi connectivity index (χ1n) is 8.99. The van der Waals surface area contributed by atoms with E-state index in [1.54, 1.807) is 11.3 Å². The number of likely N-dealkylation sites (tertiary alicyclic amines) is 1. The molecule has 2 fully saturated rings. The van der Waals surface area contributed by atoms with E-state index in [0.29, 0.717) is 18.3 Å². The van der Waals surface area contributed by atoms with Crippen molar-refractivity contribution in [2.45, 2.75) is 30.6 Å². The van der Waals surface area contributed by atoms with E-state index >= 15 is 0 Å². The van der Waals surface area contributed by atoms with Gasteiger partial charge < -0.3 is 9.42 Å². The first kappa shape index (κ1) is 15.8. The van der Waals surface area contributed by atoms with Gasteiger partial charge in [0.25, 0.3) is 5.89 Å². The number of hydrogen-bond acceptors (Lipinski definition) is 5. The molecule has 2 aromatic heterocycles. The van der Waals surface area contributed by atoms with Crippen LogP contribution in [0.15, 0.2) is 52.4 Å². The molecular weight excluding hydrogens is 346 g/mol. The van der Waals surface area contributed by atoms with E-state index in [0.717, 1.165) is 36.2 Å². The molecule has 3 heterocycles. The van der Waals surface area contributed by atoms with Crippen LogP contribution in [0.2, 0.25) is 0 Å². The van der Waals surface area contributed by atoms with Gasteiger partial charge in [0.2, 0.25) is 5.91 Å². The Morgan fingerprint density at radius 1 is 1.19 bits per heavy atom. The molecule has 0 bridgehead atoms. The van der Waals surface area contributed by atoms with Gasteiger partial charge in [-0.2, -0.15) is 4.98 Å². The summed E-state index contributed by atoms with van der Waals surface area (Å²) in [6.07, 6.45) is 2.78. The highest BCUT2D eigenvalue weighted by atomic mass is 32.1. The highest BCUT2D eigenvalue weighted by Crippen LogP contribution is 2.50. The van der Waals surface area contributed by atoms with E-state index in [2.05, 4.69) is 22.3 Å². The Hall–Kier alpha value is -2.47. The van der Waals surface area contributed by atoms with E-state index in [9.17, 15) is 4.79 Å². The Morgan fingerprint density at radius 2 is 2.04 bits per heavy atom. The molecule has 0 unspecified atom stereocenters. The minimum Gasteiger partial charge on any atom is -0.341 e. The van der Waals surface area contributed by atoms with Gasteiger partial charge in [-0.25, -0.2) is 0 Å². The molecule has 1 aromatic carbocycles. The van der Waals surface area contributed by atoms with E-state index in [1.807, 2.05) is 40.6 Å². The predicted molar refractivity (Wildman–Crippen MR) is 98.9 cm³/mol. The minimum atomic E-state index is -0.296. The number of aromatic nitrogens is 2. The molecule has 1 aliphatic carbocycles. The van der Waals surface area contributed by atoms with Crippen molar-refractivity contribution in [3.05, 3.63) is 59.2 Å². The lowest BCUT2D eigenvalue weighted by Gasteiger charge is -2.23. The second kappa shape index (κ2) is 6.06. The summed E-state index contributed by atoms with van der Waals surface area (Å²) in [5, 5.41) is 6.16. The molecule has 1 saturated heterocycles. The van der Waals surface area contributed by atoms with Gasteiger partial charge in [0.1, 0.15) is 0 Å². The molecule has 5 nitrogen and oxygen atoms in total. The Labute approximate surface area is 155 Å². The van der Waals surface area contributed by atoms with Crippen molar-refractivity contribution in [1.29, 1.82) is 0 Å². The van der Waals surface area contributed by atoms with Gasteiger partial charge in [0.15, 0.2) is 5.82 Å². The topological polar surface area (TPSA) is 59.2 Å². The van der Waals surface area contributed by atoms with Crippen LogP contribution in [0.4, 0.5) is 0 Å². The fourth-order valence-electron chi connectivity index (χ4n) is 3.87. The van der Waals surface area contributed by atoms with Crippen LogP contribution < -0.4 is 0 Å². The molecule has 1 saturated carbocycles. The first-order chi connectivity index (χ1) is 12.8. The van der Waals surface area contributed by atoms with E-state index in [-0.39, 0.29) is 17.2 Å². The van der Waals surface area contributed by atoms with Gasteiger partial charge in [-0.15, -0.1) is 11.3 Å². The van der Waals surface area contributed by atoms with Crippen molar-refractivity contribution < 1.29 is 9.32 Å². The average Bonchev–Trinajstić information content (AvgIpc) is 3.12. The van der Waals surface area contributed by atoms with Crippen LogP contribution >= 0.6 is 11.3 Å². The molecule has 0 N–H and O–H groups in total. The summed E-state index contributed by atoms with van der Waals surface area (Å²) >= 11 is 1.59. The molecule has 3 aromatic rings. The second-order valence-electron chi connectivity index (χ2n) is 7.12. The largest absolute Gasteiger partial charge is 0.341 e. The lowest BCUT2D eigenvalue weighted by molar-refractivity contribution is -0.132. The fraction of sp³-hybridized carbons (Fsp3) is 0.350. The summed E-state index contributed by atoms with van der Waals surface area (Å²) < 4.78 is 5.41. The molecule has 5 rings (SSSR count). The molecular formula is C20H19N3O2S. The monoisotopic (exact) mass is 365 g/mol. The van der Waals surface area contributed by atoms with Gasteiger partial charge in [0.05, 0.1) is 10.3 Å². The van der Waals surface area contributed by atoms with Gasteiger partial charge in [0, 0.05) is 19.0 Å². The van der Waals surface area contributed by atoms with E-state index < -0.39 is 0 Å². The Bertz CT molecular complexity index is 916. The number of thiophene rings is 1. The summed E-state index contributed by atoms with van der Waals surface area (Å²) in [6.45, 7) is 1.44. The van der Waals surface area contributed by atoms with Gasteiger partial charge >= 0.3 is 0 Å². The molecule has 1 amide bonds. The first-order valence-corrected chi connectivity index (χ1v) is 9.87. The van der Waals surface area contributed by atoms with Crippen molar-refractivity contribution in [3.8, 4) is 10.8 Å². The molecule has 1 aliphatic heterocycles. The quantitative estimate of drug-likeness (QED) is 0.705. The lowest BCUT2D eigenvalue weighted by atomic mass is 9.94. The average molecular weight is 365 g/mol. The molecule has 1 atom stereocenters. The van der Waals surface area contributed by atoms with Crippen molar-refractivity contribution in [1.82, 2.24) is 15.0 Å². The normalized spacial score (nSPS) is 21.1. The zero-order chi connectivity index (χ0) is 17.6. The number of carbonyl (C=O) groups excluding carboxylic acids is 1. The van der Waals surface area contributed by atoms with Crippen LogP contribution in [0, 0.1) is 0 Å². The van der Waals surface area contributed by atoms with Crippen molar-refractivity contribution in [3.63, 3.8) is 0 Å². The molecule has 0 spiro atoms. The van der Waals surface area contributed by atoms with Gasteiger partial charge in [-0.1, -0.05) is 41.6 Å². The third-order valence-corrected chi connectivity index (χ3v) is 6.36. The Morgan fingerprint density at radius 3 is 2.77 bits per heavy atom.